The lowest BCUT2D eigenvalue weighted by atomic mass is 10.0. The van der Waals surface area contributed by atoms with Gasteiger partial charge in [-0.1, -0.05) is 49.0 Å². The Bertz CT molecular complexity index is 686. The van der Waals surface area contributed by atoms with E-state index in [0.29, 0.717) is 10.5 Å². The molecule has 0 N–H and O–H groups in total. The molecule has 0 saturated heterocycles. The first-order valence-electron chi connectivity index (χ1n) is 6.02. The Morgan fingerprint density at radius 1 is 1.00 bits per heavy atom. The Labute approximate surface area is 114 Å². The first kappa shape index (κ1) is 13.6. The second-order valence-corrected chi connectivity index (χ2v) is 6.48. The largest absolute Gasteiger partial charge is 0.223 e. The summed E-state index contributed by atoms with van der Waals surface area (Å²) in [6.45, 7) is 5.87. The zero-order valence-electron chi connectivity index (χ0n) is 10.8. The summed E-state index contributed by atoms with van der Waals surface area (Å²) in [6.07, 6.45) is 0. The van der Waals surface area contributed by atoms with Crippen molar-refractivity contribution in [3.05, 3.63) is 72.3 Å². The molecule has 2 nitrogen and oxygen atoms in total. The number of sulfone groups is 1. The summed E-state index contributed by atoms with van der Waals surface area (Å²) in [6, 6.07) is 16.2. The summed E-state index contributed by atoms with van der Waals surface area (Å²) in [5, 5.41) is 0. The van der Waals surface area contributed by atoms with Crippen LogP contribution in [0.15, 0.2) is 66.1 Å². The van der Waals surface area contributed by atoms with Crippen LogP contribution in [0, 0.1) is 6.92 Å². The van der Waals surface area contributed by atoms with E-state index in [1.54, 1.807) is 30.3 Å². The van der Waals surface area contributed by atoms with Gasteiger partial charge in [-0.05, 0) is 35.8 Å². The van der Waals surface area contributed by atoms with Crippen LogP contribution in [0.2, 0.25) is 0 Å². The molecular weight excluding hydrogens is 256 g/mol. The van der Waals surface area contributed by atoms with Crippen LogP contribution < -0.4 is 0 Å². The van der Waals surface area contributed by atoms with Crippen LogP contribution in [0.25, 0.3) is 5.57 Å². The average molecular weight is 272 g/mol. The van der Waals surface area contributed by atoms with Crippen LogP contribution in [-0.2, 0) is 9.84 Å². The van der Waals surface area contributed by atoms with Gasteiger partial charge in [0.2, 0.25) is 0 Å². The highest BCUT2D eigenvalue weighted by atomic mass is 32.2. The predicted octanol–water partition coefficient (Wildman–Crippen LogP) is 3.48. The molecule has 2 aromatic carbocycles. The van der Waals surface area contributed by atoms with E-state index < -0.39 is 9.84 Å². The van der Waals surface area contributed by atoms with Gasteiger partial charge < -0.3 is 0 Å². The molecule has 0 spiro atoms. The van der Waals surface area contributed by atoms with E-state index in [-0.39, 0.29) is 5.75 Å². The van der Waals surface area contributed by atoms with Crippen molar-refractivity contribution in [2.24, 2.45) is 0 Å². The summed E-state index contributed by atoms with van der Waals surface area (Å²) in [5.74, 6) is -0.0537. The number of hydrogen-bond acceptors (Lipinski definition) is 2. The van der Waals surface area contributed by atoms with Crippen molar-refractivity contribution in [2.45, 2.75) is 11.8 Å². The van der Waals surface area contributed by atoms with Crippen molar-refractivity contribution < 1.29 is 8.42 Å². The van der Waals surface area contributed by atoms with E-state index in [2.05, 4.69) is 6.58 Å². The Hall–Kier alpha value is -1.87. The highest BCUT2D eigenvalue weighted by Gasteiger charge is 2.16. The highest BCUT2D eigenvalue weighted by Crippen LogP contribution is 2.21. The van der Waals surface area contributed by atoms with Crippen molar-refractivity contribution in [3.63, 3.8) is 0 Å². The van der Waals surface area contributed by atoms with Gasteiger partial charge in [0.05, 0.1) is 10.6 Å². The monoisotopic (exact) mass is 272 g/mol. The molecule has 3 heteroatoms. The number of benzene rings is 2. The second-order valence-electron chi connectivity index (χ2n) is 4.49. The molecule has 0 saturated carbocycles. The van der Waals surface area contributed by atoms with Crippen LogP contribution in [0.3, 0.4) is 0 Å². The molecule has 0 heterocycles. The standard InChI is InChI=1S/C16H16O2S/c1-13-8-6-7-11-16(13)14(2)12-19(17,18)15-9-4-3-5-10-15/h3-11H,2,12H2,1H3. The fourth-order valence-corrected chi connectivity index (χ4v) is 3.34. The van der Waals surface area contributed by atoms with Gasteiger partial charge in [-0.3, -0.25) is 0 Å². The Kier molecular flexibility index (Phi) is 3.86. The van der Waals surface area contributed by atoms with Crippen LogP contribution in [0.1, 0.15) is 11.1 Å². The quantitative estimate of drug-likeness (QED) is 0.854. The van der Waals surface area contributed by atoms with Gasteiger partial charge in [-0.15, -0.1) is 0 Å². The van der Waals surface area contributed by atoms with Crippen molar-refractivity contribution in [1.29, 1.82) is 0 Å². The Balaban J connectivity index is 2.27. The summed E-state index contributed by atoms with van der Waals surface area (Å²) >= 11 is 0. The minimum absolute atomic E-state index is 0.0537. The Morgan fingerprint density at radius 2 is 1.58 bits per heavy atom. The zero-order valence-corrected chi connectivity index (χ0v) is 11.7. The van der Waals surface area contributed by atoms with Crippen molar-refractivity contribution in [1.82, 2.24) is 0 Å². The fourth-order valence-electron chi connectivity index (χ4n) is 1.99. The number of aryl methyl sites for hydroxylation is 1. The molecule has 2 aromatic rings. The molecule has 0 fully saturated rings. The van der Waals surface area contributed by atoms with Crippen molar-refractivity contribution in [2.75, 3.05) is 5.75 Å². The van der Waals surface area contributed by atoms with E-state index in [0.717, 1.165) is 11.1 Å². The highest BCUT2D eigenvalue weighted by molar-refractivity contribution is 7.91. The molecule has 0 atom stereocenters. The van der Waals surface area contributed by atoms with E-state index in [1.165, 1.54) is 0 Å². The van der Waals surface area contributed by atoms with E-state index >= 15 is 0 Å². The van der Waals surface area contributed by atoms with Gasteiger partial charge in [0.1, 0.15) is 0 Å². The number of rotatable bonds is 4. The molecule has 0 radical (unpaired) electrons. The normalized spacial score (nSPS) is 11.2. The first-order valence-corrected chi connectivity index (χ1v) is 7.67. The SMILES string of the molecule is C=C(CS(=O)(=O)c1ccccc1)c1ccccc1C. The van der Waals surface area contributed by atoms with Gasteiger partial charge in [-0.25, -0.2) is 8.42 Å². The van der Waals surface area contributed by atoms with E-state index in [9.17, 15) is 8.42 Å². The lowest BCUT2D eigenvalue weighted by Crippen LogP contribution is -2.08. The predicted molar refractivity (Wildman–Crippen MR) is 78.7 cm³/mol. The lowest BCUT2D eigenvalue weighted by molar-refractivity contribution is 0.599. The van der Waals surface area contributed by atoms with Gasteiger partial charge in [-0.2, -0.15) is 0 Å². The molecule has 0 aliphatic carbocycles. The van der Waals surface area contributed by atoms with Gasteiger partial charge in [0.25, 0.3) is 0 Å². The van der Waals surface area contributed by atoms with Crippen molar-refractivity contribution in [3.8, 4) is 0 Å². The van der Waals surface area contributed by atoms with Crippen LogP contribution >= 0.6 is 0 Å². The summed E-state index contributed by atoms with van der Waals surface area (Å²) in [4.78, 5) is 0.338. The minimum atomic E-state index is -3.32. The van der Waals surface area contributed by atoms with Crippen LogP contribution in [-0.4, -0.2) is 14.2 Å². The summed E-state index contributed by atoms with van der Waals surface area (Å²) in [5.41, 5.74) is 2.57. The zero-order chi connectivity index (χ0) is 13.9. The molecule has 0 bridgehead atoms. The maximum absolute atomic E-state index is 12.3. The van der Waals surface area contributed by atoms with Gasteiger partial charge in [0, 0.05) is 0 Å². The van der Waals surface area contributed by atoms with Gasteiger partial charge in [0.15, 0.2) is 9.84 Å². The molecule has 98 valence electrons. The molecule has 0 aliphatic heterocycles. The number of hydrogen-bond donors (Lipinski definition) is 0. The molecule has 2 rings (SSSR count). The van der Waals surface area contributed by atoms with E-state index in [4.69, 9.17) is 0 Å². The third-order valence-electron chi connectivity index (χ3n) is 2.99. The van der Waals surface area contributed by atoms with Crippen LogP contribution in [0.4, 0.5) is 0 Å². The third-order valence-corrected chi connectivity index (χ3v) is 4.71. The lowest BCUT2D eigenvalue weighted by Gasteiger charge is -2.10. The molecule has 19 heavy (non-hydrogen) atoms. The van der Waals surface area contributed by atoms with E-state index in [1.807, 2.05) is 31.2 Å². The fraction of sp³-hybridized carbons (Fsp3) is 0.125. The third kappa shape index (κ3) is 3.12. The smallest absolute Gasteiger partial charge is 0.182 e. The molecule has 0 amide bonds. The topological polar surface area (TPSA) is 34.1 Å². The average Bonchev–Trinajstić information content (AvgIpc) is 2.39. The maximum Gasteiger partial charge on any atom is 0.182 e. The Morgan fingerprint density at radius 3 is 2.21 bits per heavy atom. The molecule has 0 aliphatic rings. The summed E-state index contributed by atoms with van der Waals surface area (Å²) < 4.78 is 24.5. The first-order chi connectivity index (χ1) is 9.00. The van der Waals surface area contributed by atoms with Crippen LogP contribution in [0.5, 0.6) is 0 Å². The second kappa shape index (κ2) is 5.41. The molecule has 0 aromatic heterocycles. The molecular formula is C16H16O2S. The van der Waals surface area contributed by atoms with Gasteiger partial charge >= 0.3 is 0 Å². The molecule has 0 unspecified atom stereocenters. The van der Waals surface area contributed by atoms with Crippen molar-refractivity contribution >= 4 is 15.4 Å². The maximum atomic E-state index is 12.3. The minimum Gasteiger partial charge on any atom is -0.223 e. The summed E-state index contributed by atoms with van der Waals surface area (Å²) in [7, 11) is -3.32.